The van der Waals surface area contributed by atoms with E-state index in [0.717, 1.165) is 19.3 Å². The van der Waals surface area contributed by atoms with Crippen molar-refractivity contribution in [3.63, 3.8) is 0 Å². The SMILES string of the molecule is CC(C)(C)NC(=O)[C@H]1CC[C@H]2[C@@H]3CC[C@@H]4NC(=O)C=C[C@@]4(C)[C@@H]3CC[C@@]12C. The fourth-order valence-corrected chi connectivity index (χ4v) is 7.22. The van der Waals surface area contributed by atoms with Crippen molar-refractivity contribution in [3.05, 3.63) is 12.2 Å². The molecule has 4 rings (SSSR count). The molecule has 7 atom stereocenters. The van der Waals surface area contributed by atoms with Crippen LogP contribution in [0.25, 0.3) is 0 Å². The van der Waals surface area contributed by atoms with E-state index in [4.69, 9.17) is 0 Å². The molecule has 0 unspecified atom stereocenters. The first-order valence-corrected chi connectivity index (χ1v) is 10.9. The van der Waals surface area contributed by atoms with Crippen molar-refractivity contribution in [2.24, 2.45) is 34.5 Å². The van der Waals surface area contributed by atoms with Gasteiger partial charge < -0.3 is 10.6 Å². The summed E-state index contributed by atoms with van der Waals surface area (Å²) in [6.45, 7) is 11.0. The molecule has 3 aliphatic carbocycles. The molecule has 3 fully saturated rings. The number of rotatable bonds is 1. The van der Waals surface area contributed by atoms with Crippen LogP contribution in [0.3, 0.4) is 0 Å². The highest BCUT2D eigenvalue weighted by Gasteiger charge is 2.60. The van der Waals surface area contributed by atoms with Crippen molar-refractivity contribution in [2.45, 2.75) is 84.7 Å². The third kappa shape index (κ3) is 2.94. The third-order valence-corrected chi connectivity index (χ3v) is 8.50. The van der Waals surface area contributed by atoms with Crippen LogP contribution in [-0.2, 0) is 9.59 Å². The molecule has 150 valence electrons. The van der Waals surface area contributed by atoms with E-state index < -0.39 is 0 Å². The lowest BCUT2D eigenvalue weighted by atomic mass is 9.48. The summed E-state index contributed by atoms with van der Waals surface area (Å²) < 4.78 is 0. The molecule has 27 heavy (non-hydrogen) atoms. The highest BCUT2D eigenvalue weighted by molar-refractivity contribution is 5.89. The molecule has 0 saturated heterocycles. The molecule has 3 saturated carbocycles. The molecule has 1 aliphatic heterocycles. The molecule has 4 heteroatoms. The molecule has 0 bridgehead atoms. The molecule has 2 amide bonds. The van der Waals surface area contributed by atoms with E-state index in [9.17, 15) is 9.59 Å². The van der Waals surface area contributed by atoms with Gasteiger partial charge in [0.1, 0.15) is 0 Å². The Morgan fingerprint density at radius 2 is 1.85 bits per heavy atom. The minimum absolute atomic E-state index is 0.0661. The van der Waals surface area contributed by atoms with E-state index in [-0.39, 0.29) is 40.1 Å². The standard InChI is InChI=1S/C23H36N2O2/c1-21(2,3)25-20(27)17-8-7-15-14-6-9-18-23(5,13-11-19(26)24-18)16(14)10-12-22(15,17)4/h11,13-18H,6-10,12H2,1-5H3,(H,24,26)(H,25,27)/t14-,15-,16+,17+,18-,22+,23-/m0/s1. The van der Waals surface area contributed by atoms with Crippen LogP contribution in [0.1, 0.15) is 73.1 Å². The van der Waals surface area contributed by atoms with Crippen LogP contribution in [0.4, 0.5) is 0 Å². The van der Waals surface area contributed by atoms with Crippen LogP contribution in [0.15, 0.2) is 12.2 Å². The summed E-state index contributed by atoms with van der Waals surface area (Å²) in [6, 6.07) is 0.280. The fourth-order valence-electron chi connectivity index (χ4n) is 7.22. The monoisotopic (exact) mass is 372 g/mol. The number of carbonyl (C=O) groups excluding carboxylic acids is 2. The zero-order chi connectivity index (χ0) is 19.6. The Labute approximate surface area is 163 Å². The van der Waals surface area contributed by atoms with Gasteiger partial charge in [0.15, 0.2) is 0 Å². The zero-order valence-electron chi connectivity index (χ0n) is 17.6. The minimum Gasteiger partial charge on any atom is -0.351 e. The van der Waals surface area contributed by atoms with Crippen molar-refractivity contribution >= 4 is 11.8 Å². The summed E-state index contributed by atoms with van der Waals surface area (Å²) in [5, 5.41) is 6.48. The summed E-state index contributed by atoms with van der Waals surface area (Å²) in [6.07, 6.45) is 10.7. The van der Waals surface area contributed by atoms with Gasteiger partial charge >= 0.3 is 0 Å². The lowest BCUT2D eigenvalue weighted by Crippen LogP contribution is -2.59. The maximum Gasteiger partial charge on any atom is 0.243 e. The van der Waals surface area contributed by atoms with Crippen LogP contribution in [0, 0.1) is 34.5 Å². The number of amides is 2. The van der Waals surface area contributed by atoms with Gasteiger partial charge in [-0.05, 0) is 88.5 Å². The highest BCUT2D eigenvalue weighted by Crippen LogP contribution is 2.65. The maximum absolute atomic E-state index is 13.0. The average Bonchev–Trinajstić information content (AvgIpc) is 2.91. The second-order valence-electron chi connectivity index (χ2n) is 11.1. The predicted molar refractivity (Wildman–Crippen MR) is 107 cm³/mol. The molecule has 4 aliphatic rings. The summed E-state index contributed by atoms with van der Waals surface area (Å²) >= 11 is 0. The van der Waals surface area contributed by atoms with Crippen molar-refractivity contribution in [1.29, 1.82) is 0 Å². The minimum atomic E-state index is -0.167. The van der Waals surface area contributed by atoms with Gasteiger partial charge in [-0.15, -0.1) is 0 Å². The van der Waals surface area contributed by atoms with Crippen LogP contribution in [0.5, 0.6) is 0 Å². The largest absolute Gasteiger partial charge is 0.351 e. The molecule has 0 radical (unpaired) electrons. The van der Waals surface area contributed by atoms with E-state index >= 15 is 0 Å². The van der Waals surface area contributed by atoms with Crippen molar-refractivity contribution < 1.29 is 9.59 Å². The summed E-state index contributed by atoms with van der Waals surface area (Å²) in [5.41, 5.74) is 0.0323. The van der Waals surface area contributed by atoms with Crippen molar-refractivity contribution in [1.82, 2.24) is 10.6 Å². The fraction of sp³-hybridized carbons (Fsp3) is 0.826. The van der Waals surface area contributed by atoms with Gasteiger partial charge in [-0.1, -0.05) is 19.9 Å². The van der Waals surface area contributed by atoms with Crippen molar-refractivity contribution in [3.8, 4) is 0 Å². The van der Waals surface area contributed by atoms with Crippen molar-refractivity contribution in [2.75, 3.05) is 0 Å². The van der Waals surface area contributed by atoms with Crippen LogP contribution >= 0.6 is 0 Å². The normalized spacial score (nSPS) is 46.1. The molecular formula is C23H36N2O2. The Kier molecular flexibility index (Phi) is 4.29. The molecule has 4 nitrogen and oxygen atoms in total. The molecule has 0 aromatic heterocycles. The van der Waals surface area contributed by atoms with Gasteiger partial charge in [-0.2, -0.15) is 0 Å². The Morgan fingerprint density at radius 3 is 2.56 bits per heavy atom. The highest BCUT2D eigenvalue weighted by atomic mass is 16.2. The number of hydrogen-bond acceptors (Lipinski definition) is 2. The average molecular weight is 373 g/mol. The Bertz CT molecular complexity index is 678. The molecule has 0 spiro atoms. The van der Waals surface area contributed by atoms with Gasteiger partial charge in [-0.25, -0.2) is 0 Å². The van der Waals surface area contributed by atoms with Crippen LogP contribution in [0.2, 0.25) is 0 Å². The van der Waals surface area contributed by atoms with E-state index in [1.165, 1.54) is 19.3 Å². The van der Waals surface area contributed by atoms with Crippen LogP contribution in [-0.4, -0.2) is 23.4 Å². The van der Waals surface area contributed by atoms with E-state index in [0.29, 0.717) is 17.8 Å². The topological polar surface area (TPSA) is 58.2 Å². The molecule has 2 N–H and O–H groups in total. The number of fused-ring (bicyclic) bond motifs is 5. The molecule has 1 heterocycles. The first kappa shape index (κ1) is 19.0. The second kappa shape index (κ2) is 6.09. The second-order valence-corrected chi connectivity index (χ2v) is 11.1. The lowest BCUT2D eigenvalue weighted by molar-refractivity contribution is -0.135. The van der Waals surface area contributed by atoms with Gasteiger partial charge in [0.2, 0.25) is 11.8 Å². The lowest BCUT2D eigenvalue weighted by Gasteiger charge is -2.58. The van der Waals surface area contributed by atoms with Gasteiger partial charge in [0, 0.05) is 22.9 Å². The van der Waals surface area contributed by atoms with E-state index in [1.807, 2.05) is 0 Å². The van der Waals surface area contributed by atoms with Gasteiger partial charge in [-0.3, -0.25) is 9.59 Å². The van der Waals surface area contributed by atoms with E-state index in [1.54, 1.807) is 6.08 Å². The molecule has 0 aromatic carbocycles. The van der Waals surface area contributed by atoms with Crippen LogP contribution < -0.4 is 10.6 Å². The number of nitrogens with one attached hydrogen (secondary N) is 2. The summed E-state index contributed by atoms with van der Waals surface area (Å²) in [4.78, 5) is 24.9. The third-order valence-electron chi connectivity index (χ3n) is 8.50. The van der Waals surface area contributed by atoms with Gasteiger partial charge in [0.25, 0.3) is 0 Å². The predicted octanol–water partition coefficient (Wildman–Crippen LogP) is 3.81. The number of hydrogen-bond donors (Lipinski definition) is 2. The quantitative estimate of drug-likeness (QED) is 0.735. The number of carbonyl (C=O) groups is 2. The molecule has 0 aromatic rings. The molecular weight excluding hydrogens is 336 g/mol. The Balaban J connectivity index is 1.58. The summed E-state index contributed by atoms with van der Waals surface area (Å²) in [7, 11) is 0. The smallest absolute Gasteiger partial charge is 0.243 e. The van der Waals surface area contributed by atoms with E-state index in [2.05, 4.69) is 51.3 Å². The summed E-state index contributed by atoms with van der Waals surface area (Å²) in [5.74, 6) is 2.41. The Morgan fingerprint density at radius 1 is 1.11 bits per heavy atom. The van der Waals surface area contributed by atoms with Gasteiger partial charge in [0.05, 0.1) is 0 Å². The first-order valence-electron chi connectivity index (χ1n) is 10.9. The maximum atomic E-state index is 13.0. The first-order chi connectivity index (χ1) is 12.5. The zero-order valence-corrected chi connectivity index (χ0v) is 17.6. The Hall–Kier alpha value is -1.32.